The molecule has 4 rings (SSSR count). The molecule has 0 bridgehead atoms. The Labute approximate surface area is 221 Å². The van der Waals surface area contributed by atoms with E-state index in [1.54, 1.807) is 31.2 Å². The predicted molar refractivity (Wildman–Crippen MR) is 135 cm³/mol. The average Bonchev–Trinajstić information content (AvgIpc) is 3.14. The van der Waals surface area contributed by atoms with Crippen molar-refractivity contribution in [2.24, 2.45) is 0 Å². The van der Waals surface area contributed by atoms with Crippen LogP contribution in [-0.2, 0) is 22.3 Å². The molecule has 0 saturated carbocycles. The van der Waals surface area contributed by atoms with Crippen LogP contribution in [0.2, 0.25) is 5.02 Å². The fourth-order valence-corrected chi connectivity index (χ4v) is 4.46. The van der Waals surface area contributed by atoms with Gasteiger partial charge in [-0.1, -0.05) is 35.9 Å². The van der Waals surface area contributed by atoms with Crippen molar-refractivity contribution in [3.05, 3.63) is 99.6 Å². The molecular weight excluding hydrogens is 523 g/mol. The van der Waals surface area contributed by atoms with E-state index < -0.39 is 35.2 Å². The van der Waals surface area contributed by atoms with E-state index in [2.05, 4.69) is 0 Å². The molecule has 0 spiro atoms. The Hall–Kier alpha value is -3.98. The number of benzene rings is 3. The van der Waals surface area contributed by atoms with Gasteiger partial charge in [-0.2, -0.15) is 13.2 Å². The lowest BCUT2D eigenvalue weighted by atomic mass is 9.95. The molecule has 1 aliphatic rings. The first-order chi connectivity index (χ1) is 18.0. The van der Waals surface area contributed by atoms with E-state index in [0.29, 0.717) is 22.9 Å². The number of carbonyl (C=O) groups excluding carboxylic acids is 2. The summed E-state index contributed by atoms with van der Waals surface area (Å²) in [6, 6.07) is 14.3. The summed E-state index contributed by atoms with van der Waals surface area (Å²) in [7, 11) is 1.48. The molecule has 1 atom stereocenters. The fourth-order valence-electron chi connectivity index (χ4n) is 4.29. The van der Waals surface area contributed by atoms with Gasteiger partial charge >= 0.3 is 6.18 Å². The predicted octanol–water partition coefficient (Wildman–Crippen LogP) is 6.39. The Morgan fingerprint density at radius 3 is 2.39 bits per heavy atom. The quantitative estimate of drug-likeness (QED) is 0.212. The Morgan fingerprint density at radius 2 is 1.76 bits per heavy atom. The molecule has 38 heavy (non-hydrogen) atoms. The SMILES string of the molecule is CCOc1cc(/C(O)=C2\C(=O)C(=O)N(Cc3cccc(C(F)(F)F)c3)C2c2ccc(OC)cc2)ccc1Cl. The first kappa shape index (κ1) is 27.1. The number of carbonyl (C=O) groups is 2. The molecule has 3 aromatic carbocycles. The second kappa shape index (κ2) is 10.8. The maximum absolute atomic E-state index is 13.3. The van der Waals surface area contributed by atoms with Crippen molar-refractivity contribution in [3.63, 3.8) is 0 Å². The zero-order chi connectivity index (χ0) is 27.6. The van der Waals surface area contributed by atoms with Crippen LogP contribution in [0.5, 0.6) is 11.5 Å². The summed E-state index contributed by atoms with van der Waals surface area (Å²) in [5.74, 6) is -1.60. The highest BCUT2D eigenvalue weighted by molar-refractivity contribution is 6.46. The van der Waals surface area contributed by atoms with Crippen molar-refractivity contribution in [1.29, 1.82) is 0 Å². The summed E-state index contributed by atoms with van der Waals surface area (Å²) in [4.78, 5) is 27.6. The number of rotatable bonds is 7. The Balaban J connectivity index is 1.85. The number of halogens is 4. The lowest BCUT2D eigenvalue weighted by Gasteiger charge is -2.26. The average molecular weight is 546 g/mol. The molecule has 1 aliphatic heterocycles. The summed E-state index contributed by atoms with van der Waals surface area (Å²) >= 11 is 6.16. The van der Waals surface area contributed by atoms with Gasteiger partial charge in [-0.15, -0.1) is 0 Å². The molecule has 1 fully saturated rings. The fraction of sp³-hybridized carbons (Fsp3) is 0.214. The van der Waals surface area contributed by atoms with Crippen LogP contribution in [0.15, 0.2) is 72.3 Å². The highest BCUT2D eigenvalue weighted by Gasteiger charge is 2.46. The van der Waals surface area contributed by atoms with Crippen LogP contribution < -0.4 is 9.47 Å². The van der Waals surface area contributed by atoms with Crippen molar-refractivity contribution in [3.8, 4) is 11.5 Å². The molecule has 198 valence electrons. The van der Waals surface area contributed by atoms with Crippen molar-refractivity contribution in [2.75, 3.05) is 13.7 Å². The number of ether oxygens (including phenoxy) is 2. The Bertz CT molecular complexity index is 1400. The van der Waals surface area contributed by atoms with Gasteiger partial charge in [-0.05, 0) is 60.5 Å². The van der Waals surface area contributed by atoms with Gasteiger partial charge in [0.2, 0.25) is 0 Å². The van der Waals surface area contributed by atoms with Gasteiger partial charge in [0, 0.05) is 12.1 Å². The van der Waals surface area contributed by atoms with Crippen LogP contribution in [0.25, 0.3) is 5.76 Å². The highest BCUT2D eigenvalue weighted by atomic mass is 35.5. The third kappa shape index (κ3) is 5.33. The third-order valence-corrected chi connectivity index (χ3v) is 6.40. The molecule has 1 amide bonds. The molecule has 1 N–H and O–H groups in total. The first-order valence-corrected chi connectivity index (χ1v) is 11.9. The molecule has 6 nitrogen and oxygen atoms in total. The Kier molecular flexibility index (Phi) is 7.68. The number of aliphatic hydroxyl groups excluding tert-OH is 1. The number of hydrogen-bond acceptors (Lipinski definition) is 5. The maximum atomic E-state index is 13.3. The number of methoxy groups -OCH3 is 1. The first-order valence-electron chi connectivity index (χ1n) is 11.6. The van der Waals surface area contributed by atoms with E-state index in [9.17, 15) is 27.9 Å². The molecule has 1 unspecified atom stereocenters. The largest absolute Gasteiger partial charge is 0.507 e. The van der Waals surface area contributed by atoms with Crippen LogP contribution in [0, 0.1) is 0 Å². The van der Waals surface area contributed by atoms with E-state index >= 15 is 0 Å². The number of ketones is 1. The van der Waals surface area contributed by atoms with Gasteiger partial charge < -0.3 is 19.5 Å². The van der Waals surface area contributed by atoms with Crippen LogP contribution >= 0.6 is 11.6 Å². The summed E-state index contributed by atoms with van der Waals surface area (Å²) in [5, 5.41) is 11.6. The molecule has 1 heterocycles. The lowest BCUT2D eigenvalue weighted by Crippen LogP contribution is -2.29. The topological polar surface area (TPSA) is 76.1 Å². The molecule has 0 aliphatic carbocycles. The van der Waals surface area contributed by atoms with Crippen molar-refractivity contribution < 1.29 is 37.3 Å². The molecule has 0 radical (unpaired) electrons. The zero-order valence-corrected chi connectivity index (χ0v) is 21.1. The van der Waals surface area contributed by atoms with Crippen LogP contribution in [0.1, 0.15) is 35.2 Å². The third-order valence-electron chi connectivity index (χ3n) is 6.08. The van der Waals surface area contributed by atoms with E-state index in [1.807, 2.05) is 0 Å². The second-order valence-corrected chi connectivity index (χ2v) is 8.88. The number of nitrogens with zero attached hydrogens (tertiary/aromatic N) is 1. The number of hydrogen-bond donors (Lipinski definition) is 1. The smallest absolute Gasteiger partial charge is 0.416 e. The second-order valence-electron chi connectivity index (χ2n) is 8.48. The molecule has 3 aromatic rings. The van der Waals surface area contributed by atoms with Crippen LogP contribution in [0.3, 0.4) is 0 Å². The van der Waals surface area contributed by atoms with Gasteiger partial charge in [-0.3, -0.25) is 9.59 Å². The number of Topliss-reactive ketones (excluding diaryl/α,β-unsaturated/α-hetero) is 1. The van der Waals surface area contributed by atoms with Crippen LogP contribution in [0.4, 0.5) is 13.2 Å². The van der Waals surface area contributed by atoms with Gasteiger partial charge in [0.1, 0.15) is 17.3 Å². The minimum Gasteiger partial charge on any atom is -0.507 e. The number of likely N-dealkylation sites (tertiary alicyclic amines) is 1. The molecule has 0 aromatic heterocycles. The minimum absolute atomic E-state index is 0.172. The van der Waals surface area contributed by atoms with Gasteiger partial charge in [0.15, 0.2) is 0 Å². The molecule has 10 heteroatoms. The zero-order valence-electron chi connectivity index (χ0n) is 20.4. The lowest BCUT2D eigenvalue weighted by molar-refractivity contribution is -0.140. The number of amides is 1. The summed E-state index contributed by atoms with van der Waals surface area (Å²) in [6.07, 6.45) is -4.58. The number of alkyl halides is 3. The monoisotopic (exact) mass is 545 g/mol. The standard InChI is InChI=1S/C28H23ClF3NO5/c1-3-38-22-14-18(9-12-21(22)29)25(34)23-24(17-7-10-20(37-2)11-8-17)33(27(36)26(23)35)15-16-5-4-6-19(13-16)28(30,31)32/h4-14,24,34H,3,15H2,1-2H3/b25-23+. The Morgan fingerprint density at radius 1 is 1.05 bits per heavy atom. The van der Waals surface area contributed by atoms with Crippen molar-refractivity contribution >= 4 is 29.1 Å². The van der Waals surface area contributed by atoms with Crippen molar-refractivity contribution in [2.45, 2.75) is 25.7 Å². The summed E-state index contributed by atoms with van der Waals surface area (Å²) in [6.45, 7) is 1.76. The maximum Gasteiger partial charge on any atom is 0.416 e. The van der Waals surface area contributed by atoms with Gasteiger partial charge in [-0.25, -0.2) is 0 Å². The summed E-state index contributed by atoms with van der Waals surface area (Å²) in [5.41, 5.74) is -0.273. The van der Waals surface area contributed by atoms with E-state index in [1.165, 1.54) is 37.4 Å². The minimum atomic E-state index is -4.58. The number of aliphatic hydroxyl groups is 1. The van der Waals surface area contributed by atoms with E-state index in [-0.39, 0.29) is 29.0 Å². The van der Waals surface area contributed by atoms with Gasteiger partial charge in [0.25, 0.3) is 11.7 Å². The highest BCUT2D eigenvalue weighted by Crippen LogP contribution is 2.42. The normalized spacial score (nSPS) is 17.1. The molecule has 1 saturated heterocycles. The van der Waals surface area contributed by atoms with Crippen molar-refractivity contribution in [1.82, 2.24) is 4.90 Å². The van der Waals surface area contributed by atoms with Gasteiger partial charge in [0.05, 0.1) is 35.9 Å². The van der Waals surface area contributed by atoms with Crippen LogP contribution in [-0.4, -0.2) is 35.4 Å². The molecular formula is C28H23ClF3NO5. The van der Waals surface area contributed by atoms with E-state index in [0.717, 1.165) is 17.0 Å². The summed E-state index contributed by atoms with van der Waals surface area (Å²) < 4.78 is 50.6. The van der Waals surface area contributed by atoms with E-state index in [4.69, 9.17) is 21.1 Å².